The fourth-order valence-corrected chi connectivity index (χ4v) is 2.72. The summed E-state index contributed by atoms with van der Waals surface area (Å²) in [5.74, 6) is 2.01. The molecule has 0 aliphatic carbocycles. The van der Waals surface area contributed by atoms with Crippen LogP contribution in [0.2, 0.25) is 0 Å². The van der Waals surface area contributed by atoms with Crippen LogP contribution in [0.15, 0.2) is 53.8 Å². The van der Waals surface area contributed by atoms with Gasteiger partial charge in [-0.05, 0) is 54.7 Å². The molecule has 1 aromatic heterocycles. The molecule has 0 fully saturated rings. The van der Waals surface area contributed by atoms with Crippen LogP contribution in [0.1, 0.15) is 43.4 Å². The lowest BCUT2D eigenvalue weighted by Gasteiger charge is -2.16. The molecule has 2 atom stereocenters. The van der Waals surface area contributed by atoms with Gasteiger partial charge in [-0.25, -0.2) is 0 Å². The first-order chi connectivity index (χ1) is 13.1. The largest absolute Gasteiger partial charge is 0.497 e. The highest BCUT2D eigenvalue weighted by Gasteiger charge is 2.08. The van der Waals surface area contributed by atoms with Crippen LogP contribution >= 0.6 is 0 Å². The smallest absolute Gasteiger partial charge is 0.191 e. The third kappa shape index (κ3) is 6.90. The number of ether oxygens (including phenoxy) is 1. The van der Waals surface area contributed by atoms with E-state index in [9.17, 15) is 5.11 Å². The number of hydrogen-bond donors (Lipinski definition) is 3. The Balaban J connectivity index is 1.84. The number of aliphatic imine (C=N–C) groups is 1. The van der Waals surface area contributed by atoms with Gasteiger partial charge in [0.1, 0.15) is 5.75 Å². The van der Waals surface area contributed by atoms with Crippen LogP contribution in [-0.4, -0.2) is 42.8 Å². The summed E-state index contributed by atoms with van der Waals surface area (Å²) < 4.78 is 5.21. The molecule has 0 bridgehead atoms. The van der Waals surface area contributed by atoms with Gasteiger partial charge >= 0.3 is 0 Å². The number of guanidine groups is 1. The molecule has 2 unspecified atom stereocenters. The lowest BCUT2D eigenvalue weighted by Crippen LogP contribution is -2.38. The minimum atomic E-state index is -0.637. The number of pyridine rings is 1. The first-order valence-electron chi connectivity index (χ1n) is 9.38. The van der Waals surface area contributed by atoms with Gasteiger partial charge in [-0.2, -0.15) is 0 Å². The quantitative estimate of drug-likeness (QED) is 0.467. The number of aromatic nitrogens is 1. The SMILES string of the molecule is CCNC(=NCC(O)c1ccncc1)NCCC(C)c1ccc(OC)cc1. The van der Waals surface area contributed by atoms with Crippen molar-refractivity contribution in [2.24, 2.45) is 4.99 Å². The van der Waals surface area contributed by atoms with E-state index in [0.29, 0.717) is 18.4 Å². The summed E-state index contributed by atoms with van der Waals surface area (Å²) in [6, 6.07) is 11.8. The molecule has 6 heteroatoms. The van der Waals surface area contributed by atoms with Crippen LogP contribution in [-0.2, 0) is 0 Å². The molecule has 2 rings (SSSR count). The van der Waals surface area contributed by atoms with Gasteiger partial charge in [0.05, 0.1) is 19.8 Å². The highest BCUT2D eigenvalue weighted by atomic mass is 16.5. The van der Waals surface area contributed by atoms with Crippen LogP contribution in [0.4, 0.5) is 0 Å². The standard InChI is InChI=1S/C21H30N4O2/c1-4-23-21(25-15-20(26)18-10-12-22-13-11-18)24-14-9-16(2)17-5-7-19(27-3)8-6-17/h5-8,10-13,16,20,26H,4,9,14-15H2,1-3H3,(H2,23,24,25). The highest BCUT2D eigenvalue weighted by Crippen LogP contribution is 2.21. The van der Waals surface area contributed by atoms with Gasteiger partial charge in [0.2, 0.25) is 0 Å². The van der Waals surface area contributed by atoms with Crippen molar-refractivity contribution in [3.63, 3.8) is 0 Å². The molecule has 1 aromatic carbocycles. The maximum absolute atomic E-state index is 10.2. The van der Waals surface area contributed by atoms with Crippen molar-refractivity contribution < 1.29 is 9.84 Å². The van der Waals surface area contributed by atoms with E-state index in [1.54, 1.807) is 31.6 Å². The third-order valence-corrected chi connectivity index (χ3v) is 4.41. The number of hydrogen-bond acceptors (Lipinski definition) is 4. The van der Waals surface area contributed by atoms with Crippen molar-refractivity contribution in [1.82, 2.24) is 15.6 Å². The molecule has 0 saturated carbocycles. The maximum atomic E-state index is 10.2. The molecule has 2 aromatic rings. The summed E-state index contributed by atoms with van der Waals surface area (Å²) in [6.45, 7) is 6.10. The van der Waals surface area contributed by atoms with Crippen LogP contribution in [0.25, 0.3) is 0 Å². The topological polar surface area (TPSA) is 78.8 Å². The summed E-state index contributed by atoms with van der Waals surface area (Å²) in [6.07, 6.45) is 3.68. The lowest BCUT2D eigenvalue weighted by molar-refractivity contribution is 0.187. The van der Waals surface area contributed by atoms with Crippen molar-refractivity contribution in [2.75, 3.05) is 26.7 Å². The number of benzene rings is 1. The van der Waals surface area contributed by atoms with Crippen molar-refractivity contribution >= 4 is 5.96 Å². The van der Waals surface area contributed by atoms with Crippen LogP contribution < -0.4 is 15.4 Å². The van der Waals surface area contributed by atoms with Crippen LogP contribution in [0, 0.1) is 0 Å². The molecule has 0 amide bonds. The average Bonchev–Trinajstić information content (AvgIpc) is 2.72. The molecule has 0 aliphatic rings. The second kappa shape index (κ2) is 11.2. The molecular weight excluding hydrogens is 340 g/mol. The Hall–Kier alpha value is -2.60. The van der Waals surface area contributed by atoms with Crippen molar-refractivity contribution in [3.8, 4) is 5.75 Å². The Morgan fingerprint density at radius 3 is 2.44 bits per heavy atom. The Kier molecular flexibility index (Phi) is 8.58. The van der Waals surface area contributed by atoms with E-state index in [1.807, 2.05) is 19.1 Å². The first-order valence-corrected chi connectivity index (χ1v) is 9.38. The highest BCUT2D eigenvalue weighted by molar-refractivity contribution is 5.79. The molecule has 1 heterocycles. The first kappa shape index (κ1) is 20.7. The minimum Gasteiger partial charge on any atom is -0.497 e. The zero-order valence-electron chi connectivity index (χ0n) is 16.4. The average molecular weight is 370 g/mol. The molecule has 3 N–H and O–H groups in total. The minimum absolute atomic E-state index is 0.299. The number of aliphatic hydroxyl groups is 1. The summed E-state index contributed by atoms with van der Waals surface area (Å²) in [5, 5.41) is 16.8. The molecule has 0 saturated heterocycles. The van der Waals surface area contributed by atoms with E-state index in [4.69, 9.17) is 4.74 Å². The number of methoxy groups -OCH3 is 1. The fraction of sp³-hybridized carbons (Fsp3) is 0.429. The van der Waals surface area contributed by atoms with E-state index in [2.05, 4.69) is 39.7 Å². The Bertz CT molecular complexity index is 689. The monoisotopic (exact) mass is 370 g/mol. The molecule has 0 spiro atoms. The molecule has 0 aliphatic heterocycles. The second-order valence-corrected chi connectivity index (χ2v) is 6.41. The van der Waals surface area contributed by atoms with E-state index in [-0.39, 0.29) is 0 Å². The number of aliphatic hydroxyl groups excluding tert-OH is 1. The molecule has 27 heavy (non-hydrogen) atoms. The Morgan fingerprint density at radius 2 is 1.81 bits per heavy atom. The van der Waals surface area contributed by atoms with E-state index in [0.717, 1.165) is 30.8 Å². The summed E-state index contributed by atoms with van der Waals surface area (Å²) in [4.78, 5) is 8.45. The summed E-state index contributed by atoms with van der Waals surface area (Å²) in [5.41, 5.74) is 2.10. The van der Waals surface area contributed by atoms with E-state index in [1.165, 1.54) is 5.56 Å². The number of rotatable bonds is 9. The third-order valence-electron chi connectivity index (χ3n) is 4.41. The van der Waals surface area contributed by atoms with E-state index < -0.39 is 6.10 Å². The second-order valence-electron chi connectivity index (χ2n) is 6.41. The van der Waals surface area contributed by atoms with Crippen molar-refractivity contribution in [3.05, 3.63) is 59.9 Å². The predicted molar refractivity (Wildman–Crippen MR) is 109 cm³/mol. The normalized spacial score (nSPS) is 13.7. The fourth-order valence-electron chi connectivity index (χ4n) is 2.72. The van der Waals surface area contributed by atoms with Gasteiger partial charge in [-0.1, -0.05) is 19.1 Å². The predicted octanol–water partition coefficient (Wildman–Crippen LogP) is 2.87. The van der Waals surface area contributed by atoms with Gasteiger partial charge in [-0.15, -0.1) is 0 Å². The van der Waals surface area contributed by atoms with Crippen molar-refractivity contribution in [1.29, 1.82) is 0 Å². The lowest BCUT2D eigenvalue weighted by atomic mass is 9.98. The molecule has 146 valence electrons. The van der Waals surface area contributed by atoms with Gasteiger partial charge in [0.15, 0.2) is 5.96 Å². The van der Waals surface area contributed by atoms with E-state index >= 15 is 0 Å². The number of nitrogens with one attached hydrogen (secondary N) is 2. The molecular formula is C21H30N4O2. The van der Waals surface area contributed by atoms with Crippen LogP contribution in [0.3, 0.4) is 0 Å². The van der Waals surface area contributed by atoms with Gasteiger partial charge in [0, 0.05) is 25.5 Å². The maximum Gasteiger partial charge on any atom is 0.191 e. The van der Waals surface area contributed by atoms with Gasteiger partial charge < -0.3 is 20.5 Å². The Morgan fingerprint density at radius 1 is 1.11 bits per heavy atom. The van der Waals surface area contributed by atoms with Gasteiger partial charge in [0.25, 0.3) is 0 Å². The zero-order valence-corrected chi connectivity index (χ0v) is 16.4. The van der Waals surface area contributed by atoms with Crippen LogP contribution in [0.5, 0.6) is 5.75 Å². The number of nitrogens with zero attached hydrogens (tertiary/aromatic N) is 2. The summed E-state index contributed by atoms with van der Waals surface area (Å²) in [7, 11) is 1.68. The van der Waals surface area contributed by atoms with Crippen molar-refractivity contribution in [2.45, 2.75) is 32.3 Å². The summed E-state index contributed by atoms with van der Waals surface area (Å²) >= 11 is 0. The zero-order chi connectivity index (χ0) is 19.5. The molecule has 0 radical (unpaired) electrons. The Labute approximate surface area is 161 Å². The molecule has 6 nitrogen and oxygen atoms in total. The van der Waals surface area contributed by atoms with Gasteiger partial charge in [-0.3, -0.25) is 9.98 Å².